The number of rotatable bonds is 2. The van der Waals surface area contributed by atoms with Crippen LogP contribution in [-0.2, 0) is 0 Å². The van der Waals surface area contributed by atoms with E-state index in [-0.39, 0.29) is 11.3 Å². The van der Waals surface area contributed by atoms with Gasteiger partial charge in [-0.3, -0.25) is 0 Å². The Bertz CT molecular complexity index is 445. The molecule has 15 heavy (non-hydrogen) atoms. The molecule has 0 aromatic heterocycles. The van der Waals surface area contributed by atoms with Crippen molar-refractivity contribution in [1.82, 2.24) is 0 Å². The van der Waals surface area contributed by atoms with Crippen LogP contribution in [0.4, 0.5) is 5.69 Å². The minimum atomic E-state index is -1.55. The molecule has 0 spiro atoms. The van der Waals surface area contributed by atoms with Crippen LogP contribution >= 0.6 is 0 Å². The smallest absolute Gasteiger partial charge is 0.170 e. The summed E-state index contributed by atoms with van der Waals surface area (Å²) in [5.74, 6) is 0. The Morgan fingerprint density at radius 2 is 1.93 bits per heavy atom. The summed E-state index contributed by atoms with van der Waals surface area (Å²) < 4.78 is 0. The summed E-state index contributed by atoms with van der Waals surface area (Å²) in [6.45, 7) is 0. The molecule has 1 aromatic carbocycles. The Labute approximate surface area is 86.6 Å². The summed E-state index contributed by atoms with van der Waals surface area (Å²) in [6, 6.07) is 7.65. The molecule has 5 heteroatoms. The fraction of sp³-hybridized carbons (Fsp3) is 0.200. The van der Waals surface area contributed by atoms with E-state index in [0.29, 0.717) is 5.56 Å². The van der Waals surface area contributed by atoms with Crippen molar-refractivity contribution >= 4 is 5.69 Å². The second-order valence-corrected chi connectivity index (χ2v) is 2.97. The van der Waals surface area contributed by atoms with Crippen molar-refractivity contribution in [1.29, 1.82) is 10.5 Å². The molecule has 0 saturated heterocycles. The van der Waals surface area contributed by atoms with Gasteiger partial charge in [0, 0.05) is 11.3 Å². The highest BCUT2D eigenvalue weighted by atomic mass is 16.3. The molecule has 0 amide bonds. The van der Waals surface area contributed by atoms with Gasteiger partial charge >= 0.3 is 0 Å². The van der Waals surface area contributed by atoms with Crippen molar-refractivity contribution in [2.75, 3.05) is 5.73 Å². The maximum absolute atomic E-state index is 9.53. The number of nitrogen functional groups attached to an aromatic ring is 1. The van der Waals surface area contributed by atoms with Gasteiger partial charge in [-0.05, 0) is 18.2 Å². The normalized spacial score (nSPS) is 13.6. The van der Waals surface area contributed by atoms with Gasteiger partial charge in [0.25, 0.3) is 0 Å². The number of nitriles is 2. The average Bonchev–Trinajstić information content (AvgIpc) is 2.27. The summed E-state index contributed by atoms with van der Waals surface area (Å²) in [7, 11) is 0. The van der Waals surface area contributed by atoms with Crippen LogP contribution in [0.2, 0.25) is 0 Å². The molecule has 5 nitrogen and oxygen atoms in total. The highest BCUT2D eigenvalue weighted by molar-refractivity contribution is 5.52. The van der Waals surface area contributed by atoms with Crippen LogP contribution in [0.5, 0.6) is 0 Å². The Hall–Kier alpha value is -2.08. The molecule has 76 valence electrons. The first-order valence-corrected chi connectivity index (χ1v) is 4.15. The van der Waals surface area contributed by atoms with Crippen LogP contribution in [-0.4, -0.2) is 16.3 Å². The zero-order valence-electron chi connectivity index (χ0n) is 7.75. The number of nitrogens with two attached hydrogens (primary N) is 1. The fourth-order valence-corrected chi connectivity index (χ4v) is 1.14. The number of nitrogens with zero attached hydrogens (tertiary/aromatic N) is 2. The van der Waals surface area contributed by atoms with Gasteiger partial charge in [-0.2, -0.15) is 10.5 Å². The van der Waals surface area contributed by atoms with Gasteiger partial charge in [0.2, 0.25) is 0 Å². The van der Waals surface area contributed by atoms with Crippen molar-refractivity contribution in [3.05, 3.63) is 29.3 Å². The van der Waals surface area contributed by atoms with Gasteiger partial charge in [-0.1, -0.05) is 0 Å². The first-order chi connectivity index (χ1) is 7.10. The van der Waals surface area contributed by atoms with Gasteiger partial charge in [0.1, 0.15) is 6.10 Å². The molecule has 1 rings (SSSR count). The second-order valence-electron chi connectivity index (χ2n) is 2.97. The highest BCUT2D eigenvalue weighted by Gasteiger charge is 2.20. The standard InChI is InChI=1S/C10H9N3O2/c11-4-6-1-2-8(13)7(3-6)10(15)9(14)5-12/h1-3,9-10,14-15H,13H2. The number of aliphatic hydroxyl groups is 2. The lowest BCUT2D eigenvalue weighted by Gasteiger charge is -2.14. The lowest BCUT2D eigenvalue weighted by Crippen LogP contribution is -2.17. The van der Waals surface area contributed by atoms with Gasteiger partial charge in [0.15, 0.2) is 6.10 Å². The molecule has 0 bridgehead atoms. The Morgan fingerprint density at radius 3 is 2.47 bits per heavy atom. The monoisotopic (exact) mass is 203 g/mol. The Balaban J connectivity index is 3.14. The van der Waals surface area contributed by atoms with Gasteiger partial charge < -0.3 is 15.9 Å². The van der Waals surface area contributed by atoms with Gasteiger partial charge in [-0.25, -0.2) is 0 Å². The number of hydrogen-bond acceptors (Lipinski definition) is 5. The third kappa shape index (κ3) is 2.23. The largest absolute Gasteiger partial charge is 0.398 e. The summed E-state index contributed by atoms with van der Waals surface area (Å²) in [6.07, 6.45) is -2.95. The van der Waals surface area contributed by atoms with Crippen molar-refractivity contribution in [2.45, 2.75) is 12.2 Å². The predicted octanol–water partition coefficient (Wildman–Crippen LogP) is 0.0584. The summed E-state index contributed by atoms with van der Waals surface area (Å²) in [5.41, 5.74) is 6.27. The lowest BCUT2D eigenvalue weighted by molar-refractivity contribution is 0.0533. The van der Waals surface area contributed by atoms with Crippen LogP contribution < -0.4 is 5.73 Å². The first-order valence-electron chi connectivity index (χ1n) is 4.15. The Kier molecular flexibility index (Phi) is 3.25. The van der Waals surface area contributed by atoms with E-state index in [1.807, 2.05) is 6.07 Å². The summed E-state index contributed by atoms with van der Waals surface area (Å²) in [5, 5.41) is 35.7. The molecule has 2 atom stereocenters. The quantitative estimate of drug-likeness (QED) is 0.464. The van der Waals surface area contributed by atoms with Crippen molar-refractivity contribution in [3.8, 4) is 12.1 Å². The number of hydrogen-bond donors (Lipinski definition) is 3. The molecular weight excluding hydrogens is 194 g/mol. The SMILES string of the molecule is N#Cc1ccc(N)c(C(O)C(O)C#N)c1. The zero-order chi connectivity index (χ0) is 11.4. The van der Waals surface area contributed by atoms with Crippen molar-refractivity contribution in [3.63, 3.8) is 0 Å². The minimum absolute atomic E-state index is 0.183. The van der Waals surface area contributed by atoms with E-state index >= 15 is 0 Å². The van der Waals surface area contributed by atoms with Gasteiger partial charge in [-0.15, -0.1) is 0 Å². The van der Waals surface area contributed by atoms with E-state index < -0.39 is 12.2 Å². The maximum atomic E-state index is 9.53. The third-order valence-corrected chi connectivity index (χ3v) is 1.97. The van der Waals surface area contributed by atoms with E-state index in [1.165, 1.54) is 24.3 Å². The number of anilines is 1. The maximum Gasteiger partial charge on any atom is 0.170 e. The summed E-state index contributed by atoms with van der Waals surface area (Å²) >= 11 is 0. The predicted molar refractivity (Wildman–Crippen MR) is 52.1 cm³/mol. The van der Waals surface area contributed by atoms with Crippen LogP contribution in [0.15, 0.2) is 18.2 Å². The topological polar surface area (TPSA) is 114 Å². The van der Waals surface area contributed by atoms with Crippen LogP contribution in [0.3, 0.4) is 0 Å². The van der Waals surface area contributed by atoms with Crippen molar-refractivity contribution in [2.24, 2.45) is 0 Å². The highest BCUT2D eigenvalue weighted by Crippen LogP contribution is 2.24. The first kappa shape index (κ1) is 11.0. The molecule has 0 aliphatic heterocycles. The molecule has 0 aliphatic carbocycles. The molecule has 0 aliphatic rings. The molecule has 4 N–H and O–H groups in total. The second kappa shape index (κ2) is 4.43. The van der Waals surface area contributed by atoms with Gasteiger partial charge in [0.05, 0.1) is 17.7 Å². The van der Waals surface area contributed by atoms with E-state index in [9.17, 15) is 5.11 Å². The van der Waals surface area contributed by atoms with Crippen molar-refractivity contribution < 1.29 is 10.2 Å². The van der Waals surface area contributed by atoms with E-state index in [0.717, 1.165) is 0 Å². The number of benzene rings is 1. The zero-order valence-corrected chi connectivity index (χ0v) is 7.75. The van der Waals surface area contributed by atoms with Crippen LogP contribution in [0.25, 0.3) is 0 Å². The summed E-state index contributed by atoms with van der Waals surface area (Å²) in [4.78, 5) is 0. The minimum Gasteiger partial charge on any atom is -0.398 e. The molecule has 0 fully saturated rings. The molecular formula is C10H9N3O2. The molecule has 0 saturated carbocycles. The molecule has 1 aromatic rings. The lowest BCUT2D eigenvalue weighted by atomic mass is 10.0. The molecule has 0 heterocycles. The van der Waals surface area contributed by atoms with E-state index in [2.05, 4.69) is 0 Å². The molecule has 2 unspecified atom stereocenters. The van der Waals surface area contributed by atoms with E-state index in [4.69, 9.17) is 21.4 Å². The number of aliphatic hydroxyl groups excluding tert-OH is 2. The fourth-order valence-electron chi connectivity index (χ4n) is 1.14. The molecule has 0 radical (unpaired) electrons. The average molecular weight is 203 g/mol. The van der Waals surface area contributed by atoms with Crippen LogP contribution in [0.1, 0.15) is 17.2 Å². The third-order valence-electron chi connectivity index (χ3n) is 1.97. The van der Waals surface area contributed by atoms with E-state index in [1.54, 1.807) is 0 Å². The Morgan fingerprint density at radius 1 is 1.27 bits per heavy atom. The van der Waals surface area contributed by atoms with Crippen LogP contribution in [0, 0.1) is 22.7 Å².